The van der Waals surface area contributed by atoms with Gasteiger partial charge in [-0.1, -0.05) is 12.1 Å². The molecule has 0 aliphatic rings. The van der Waals surface area contributed by atoms with Crippen molar-refractivity contribution >= 4 is 21.6 Å². The zero-order valence-electron chi connectivity index (χ0n) is 9.25. The van der Waals surface area contributed by atoms with Crippen LogP contribution in [-0.2, 0) is 6.54 Å². The first kappa shape index (κ1) is 12.8. The smallest absolute Gasteiger partial charge is 0.165 e. The fraction of sp³-hybridized carbons (Fsp3) is 0.0769. The van der Waals surface area contributed by atoms with Gasteiger partial charge in [-0.25, -0.2) is 8.78 Å². The van der Waals surface area contributed by atoms with E-state index in [2.05, 4.69) is 21.2 Å². The maximum Gasteiger partial charge on any atom is 0.165 e. The Morgan fingerprint density at radius 3 is 2.56 bits per heavy atom. The lowest BCUT2D eigenvalue weighted by Gasteiger charge is -2.10. The number of hydrogen-bond donors (Lipinski definition) is 2. The highest BCUT2D eigenvalue weighted by Gasteiger charge is 2.06. The molecule has 2 aromatic carbocycles. The molecule has 0 saturated heterocycles. The highest BCUT2D eigenvalue weighted by Crippen LogP contribution is 2.26. The lowest BCUT2D eigenvalue weighted by molar-refractivity contribution is 0.432. The molecule has 0 atom stereocenters. The summed E-state index contributed by atoms with van der Waals surface area (Å²) in [5, 5.41) is 11.9. The Balaban J connectivity index is 2.14. The number of phenolic OH excluding ortho intramolecular Hbond substituents is 1. The van der Waals surface area contributed by atoms with E-state index >= 15 is 0 Å². The van der Waals surface area contributed by atoms with E-state index in [-0.39, 0.29) is 12.4 Å². The van der Waals surface area contributed by atoms with E-state index in [0.717, 1.165) is 0 Å². The molecule has 0 aliphatic carbocycles. The normalized spacial score (nSPS) is 10.4. The van der Waals surface area contributed by atoms with Gasteiger partial charge in [-0.2, -0.15) is 0 Å². The van der Waals surface area contributed by atoms with Crippen molar-refractivity contribution in [1.82, 2.24) is 0 Å². The molecule has 2 N–H and O–H groups in total. The van der Waals surface area contributed by atoms with Gasteiger partial charge in [-0.3, -0.25) is 0 Å². The first-order valence-electron chi connectivity index (χ1n) is 5.23. The van der Waals surface area contributed by atoms with Crippen molar-refractivity contribution in [3.63, 3.8) is 0 Å². The third kappa shape index (κ3) is 2.79. The second kappa shape index (κ2) is 5.35. The van der Waals surface area contributed by atoms with Crippen molar-refractivity contribution in [2.45, 2.75) is 6.54 Å². The second-order valence-electron chi connectivity index (χ2n) is 3.74. The molecule has 0 heterocycles. The van der Waals surface area contributed by atoms with Crippen LogP contribution in [0.5, 0.6) is 5.75 Å². The summed E-state index contributed by atoms with van der Waals surface area (Å²) in [6.45, 7) is 0.261. The summed E-state index contributed by atoms with van der Waals surface area (Å²) in [6, 6.07) is 8.68. The fourth-order valence-corrected chi connectivity index (χ4v) is 2.00. The predicted octanol–water partition coefficient (Wildman–Crippen LogP) is 4.05. The van der Waals surface area contributed by atoms with Crippen LogP contribution in [0.1, 0.15) is 5.56 Å². The molecule has 2 rings (SSSR count). The monoisotopic (exact) mass is 313 g/mol. The fourth-order valence-electron chi connectivity index (χ4n) is 1.52. The number of aromatic hydroxyl groups is 1. The molecular formula is C13H10BrF2NO. The Morgan fingerprint density at radius 2 is 1.89 bits per heavy atom. The van der Waals surface area contributed by atoms with E-state index in [4.69, 9.17) is 5.11 Å². The average Bonchev–Trinajstić information content (AvgIpc) is 2.33. The largest absolute Gasteiger partial charge is 0.505 e. The van der Waals surface area contributed by atoms with Crippen LogP contribution in [0.2, 0.25) is 0 Å². The van der Waals surface area contributed by atoms with Gasteiger partial charge in [-0.15, -0.1) is 0 Å². The lowest BCUT2D eigenvalue weighted by atomic mass is 10.2. The van der Waals surface area contributed by atoms with E-state index in [9.17, 15) is 8.78 Å². The van der Waals surface area contributed by atoms with Crippen LogP contribution < -0.4 is 5.32 Å². The van der Waals surface area contributed by atoms with Gasteiger partial charge in [0.2, 0.25) is 0 Å². The van der Waals surface area contributed by atoms with E-state index in [1.54, 1.807) is 18.2 Å². The average molecular weight is 314 g/mol. The van der Waals surface area contributed by atoms with Gasteiger partial charge in [-0.05, 0) is 45.8 Å². The minimum atomic E-state index is -0.693. The number of rotatable bonds is 3. The molecule has 94 valence electrons. The number of anilines is 1. The molecule has 5 heteroatoms. The molecule has 18 heavy (non-hydrogen) atoms. The first-order valence-corrected chi connectivity index (χ1v) is 6.02. The van der Waals surface area contributed by atoms with Crippen LogP contribution in [0.4, 0.5) is 14.5 Å². The molecule has 0 aromatic heterocycles. The molecule has 0 spiro atoms. The zero-order chi connectivity index (χ0) is 13.1. The number of benzene rings is 2. The molecule has 2 nitrogen and oxygen atoms in total. The van der Waals surface area contributed by atoms with Gasteiger partial charge in [0.25, 0.3) is 0 Å². The summed E-state index contributed by atoms with van der Waals surface area (Å²) < 4.78 is 27.2. The van der Waals surface area contributed by atoms with Crippen molar-refractivity contribution in [1.29, 1.82) is 0 Å². The minimum Gasteiger partial charge on any atom is -0.505 e. The van der Waals surface area contributed by atoms with Crippen LogP contribution in [0.3, 0.4) is 0 Å². The summed E-state index contributed by atoms with van der Waals surface area (Å²) in [4.78, 5) is 0. The molecule has 2 aromatic rings. The van der Waals surface area contributed by atoms with Crippen molar-refractivity contribution in [3.8, 4) is 5.75 Å². The van der Waals surface area contributed by atoms with Crippen LogP contribution in [-0.4, -0.2) is 5.11 Å². The highest BCUT2D eigenvalue weighted by molar-refractivity contribution is 9.10. The molecule has 0 radical (unpaired) electrons. The van der Waals surface area contributed by atoms with Crippen LogP contribution in [0.25, 0.3) is 0 Å². The molecular weight excluding hydrogens is 304 g/mol. The number of para-hydroxylation sites is 1. The second-order valence-corrected chi connectivity index (χ2v) is 4.59. The van der Waals surface area contributed by atoms with Gasteiger partial charge in [0.15, 0.2) is 11.6 Å². The Bertz CT molecular complexity index is 555. The highest BCUT2D eigenvalue weighted by atomic mass is 79.9. The summed E-state index contributed by atoms with van der Waals surface area (Å²) >= 11 is 3.23. The third-order valence-corrected chi connectivity index (χ3v) is 3.10. The van der Waals surface area contributed by atoms with Gasteiger partial charge in [0.1, 0.15) is 5.82 Å². The van der Waals surface area contributed by atoms with Crippen LogP contribution in [0.15, 0.2) is 40.9 Å². The molecule has 0 unspecified atom stereocenters. The Labute approximate surface area is 111 Å². The Hall–Kier alpha value is -1.62. The third-order valence-electron chi connectivity index (χ3n) is 2.44. The van der Waals surface area contributed by atoms with E-state index in [1.807, 2.05) is 0 Å². The SMILES string of the molecule is Oc1ccc(CNc2c(F)cccc2Br)cc1F. The summed E-state index contributed by atoms with van der Waals surface area (Å²) in [6.07, 6.45) is 0. The maximum atomic E-state index is 13.5. The summed E-state index contributed by atoms with van der Waals surface area (Å²) in [5.74, 6) is -1.48. The van der Waals surface area contributed by atoms with Crippen molar-refractivity contribution in [3.05, 3.63) is 58.1 Å². The van der Waals surface area contributed by atoms with E-state index in [1.165, 1.54) is 18.2 Å². The Kier molecular flexibility index (Phi) is 3.81. The summed E-state index contributed by atoms with van der Waals surface area (Å²) in [5.41, 5.74) is 0.937. The van der Waals surface area contributed by atoms with Gasteiger partial charge < -0.3 is 10.4 Å². The van der Waals surface area contributed by atoms with Gasteiger partial charge in [0.05, 0.1) is 5.69 Å². The van der Waals surface area contributed by atoms with E-state index < -0.39 is 11.6 Å². The van der Waals surface area contributed by atoms with Crippen molar-refractivity contribution in [2.24, 2.45) is 0 Å². The minimum absolute atomic E-state index is 0.261. The molecule has 0 fully saturated rings. The number of hydrogen-bond acceptors (Lipinski definition) is 2. The topological polar surface area (TPSA) is 32.3 Å². The Morgan fingerprint density at radius 1 is 1.11 bits per heavy atom. The maximum absolute atomic E-state index is 13.5. The predicted molar refractivity (Wildman–Crippen MR) is 69.5 cm³/mol. The van der Waals surface area contributed by atoms with Gasteiger partial charge in [0, 0.05) is 11.0 Å². The molecule has 0 saturated carbocycles. The molecule has 0 bridgehead atoms. The molecule has 0 amide bonds. The van der Waals surface area contributed by atoms with Crippen molar-refractivity contribution < 1.29 is 13.9 Å². The van der Waals surface area contributed by atoms with Crippen LogP contribution in [0, 0.1) is 11.6 Å². The van der Waals surface area contributed by atoms with E-state index in [0.29, 0.717) is 15.7 Å². The van der Waals surface area contributed by atoms with Crippen molar-refractivity contribution in [2.75, 3.05) is 5.32 Å². The summed E-state index contributed by atoms with van der Waals surface area (Å²) in [7, 11) is 0. The number of phenols is 1. The van der Waals surface area contributed by atoms with Crippen LogP contribution >= 0.6 is 15.9 Å². The number of nitrogens with one attached hydrogen (secondary N) is 1. The first-order chi connectivity index (χ1) is 8.58. The van der Waals surface area contributed by atoms with Gasteiger partial charge >= 0.3 is 0 Å². The lowest BCUT2D eigenvalue weighted by Crippen LogP contribution is -2.02. The molecule has 0 aliphatic heterocycles. The zero-order valence-corrected chi connectivity index (χ0v) is 10.8. The standard InChI is InChI=1S/C13H10BrF2NO/c14-9-2-1-3-10(15)13(9)17-7-8-4-5-12(18)11(16)6-8/h1-6,17-18H,7H2. The quantitative estimate of drug-likeness (QED) is 0.896. The number of halogens is 3.